The van der Waals surface area contributed by atoms with Crippen LogP contribution in [0.5, 0.6) is 0 Å². The summed E-state index contributed by atoms with van der Waals surface area (Å²) in [6.07, 6.45) is 0. The lowest BCUT2D eigenvalue weighted by Gasteiger charge is -2.10. The van der Waals surface area contributed by atoms with Gasteiger partial charge in [0.2, 0.25) is 0 Å². The standard InChI is InChI=1S/C16H18ClNO2S/c1-11(2)12-6-8-13(9-7-12)21(19,20)10-14-15(17)4-3-5-16(14)18/h3-9,11H,10,18H2,1-2H3. The predicted octanol–water partition coefficient (Wildman–Crippen LogP) is 4.02. The minimum Gasteiger partial charge on any atom is -0.398 e. The summed E-state index contributed by atoms with van der Waals surface area (Å²) in [5.41, 5.74) is 7.77. The van der Waals surface area contributed by atoms with Gasteiger partial charge in [-0.1, -0.05) is 43.6 Å². The molecule has 0 fully saturated rings. The van der Waals surface area contributed by atoms with Crippen LogP contribution in [0.3, 0.4) is 0 Å². The van der Waals surface area contributed by atoms with Crippen molar-refractivity contribution in [1.29, 1.82) is 0 Å². The molecule has 3 nitrogen and oxygen atoms in total. The van der Waals surface area contributed by atoms with Gasteiger partial charge in [0.1, 0.15) is 0 Å². The molecule has 5 heteroatoms. The zero-order valence-electron chi connectivity index (χ0n) is 12.0. The lowest BCUT2D eigenvalue weighted by molar-refractivity contribution is 0.595. The van der Waals surface area contributed by atoms with Gasteiger partial charge in [0.05, 0.1) is 10.6 Å². The first-order chi connectivity index (χ1) is 9.81. The van der Waals surface area contributed by atoms with Gasteiger partial charge in [0.15, 0.2) is 9.84 Å². The van der Waals surface area contributed by atoms with Crippen molar-refractivity contribution in [1.82, 2.24) is 0 Å². The minimum atomic E-state index is -3.47. The van der Waals surface area contributed by atoms with Gasteiger partial charge in [0.25, 0.3) is 0 Å². The molecule has 112 valence electrons. The van der Waals surface area contributed by atoms with E-state index < -0.39 is 9.84 Å². The maximum Gasteiger partial charge on any atom is 0.182 e. The number of benzene rings is 2. The number of nitrogen functional groups attached to an aromatic ring is 1. The van der Waals surface area contributed by atoms with Crippen molar-refractivity contribution in [3.05, 3.63) is 58.6 Å². The molecule has 2 N–H and O–H groups in total. The van der Waals surface area contributed by atoms with Crippen molar-refractivity contribution >= 4 is 27.1 Å². The van der Waals surface area contributed by atoms with Crippen LogP contribution < -0.4 is 5.73 Å². The highest BCUT2D eigenvalue weighted by atomic mass is 35.5. The highest BCUT2D eigenvalue weighted by Gasteiger charge is 2.19. The Labute approximate surface area is 130 Å². The van der Waals surface area contributed by atoms with Crippen LogP contribution >= 0.6 is 11.6 Å². The molecule has 2 aromatic carbocycles. The second-order valence-electron chi connectivity index (χ2n) is 5.29. The first-order valence-electron chi connectivity index (χ1n) is 6.67. The van der Waals surface area contributed by atoms with Gasteiger partial charge in [-0.25, -0.2) is 8.42 Å². The highest BCUT2D eigenvalue weighted by molar-refractivity contribution is 7.90. The molecule has 0 radical (unpaired) electrons. The quantitative estimate of drug-likeness (QED) is 0.864. The molecule has 0 aliphatic carbocycles. The van der Waals surface area contributed by atoms with E-state index in [9.17, 15) is 8.42 Å². The van der Waals surface area contributed by atoms with Crippen LogP contribution in [0.2, 0.25) is 5.02 Å². The van der Waals surface area contributed by atoms with Crippen LogP contribution in [0.25, 0.3) is 0 Å². The number of anilines is 1. The van der Waals surface area contributed by atoms with E-state index in [0.717, 1.165) is 5.56 Å². The maximum atomic E-state index is 12.5. The fourth-order valence-corrected chi connectivity index (χ4v) is 3.81. The average Bonchev–Trinajstić information content (AvgIpc) is 2.43. The molecule has 2 rings (SSSR count). The predicted molar refractivity (Wildman–Crippen MR) is 87.3 cm³/mol. The molecule has 0 bridgehead atoms. The van der Waals surface area contributed by atoms with Crippen LogP contribution in [-0.2, 0) is 15.6 Å². The Hall–Kier alpha value is -1.52. The molecule has 0 unspecified atom stereocenters. The third kappa shape index (κ3) is 3.57. The lowest BCUT2D eigenvalue weighted by Crippen LogP contribution is -2.08. The largest absolute Gasteiger partial charge is 0.398 e. The molecule has 0 atom stereocenters. The summed E-state index contributed by atoms with van der Waals surface area (Å²) in [5, 5.41) is 0.373. The molecule has 0 saturated carbocycles. The zero-order valence-corrected chi connectivity index (χ0v) is 13.6. The maximum absolute atomic E-state index is 12.5. The van der Waals surface area contributed by atoms with Gasteiger partial charge in [0, 0.05) is 16.3 Å². The first kappa shape index (κ1) is 15.9. The van der Waals surface area contributed by atoms with Gasteiger partial charge in [-0.05, 0) is 35.7 Å². The Morgan fingerprint density at radius 1 is 1.10 bits per heavy atom. The van der Waals surface area contributed by atoms with Crippen molar-refractivity contribution in [2.45, 2.75) is 30.4 Å². The fourth-order valence-electron chi connectivity index (χ4n) is 2.06. The number of hydrogen-bond acceptors (Lipinski definition) is 3. The van der Waals surface area contributed by atoms with Gasteiger partial charge in [-0.2, -0.15) is 0 Å². The molecule has 0 aromatic heterocycles. The van der Waals surface area contributed by atoms with Crippen molar-refractivity contribution in [2.75, 3.05) is 5.73 Å². The Morgan fingerprint density at radius 2 is 1.71 bits per heavy atom. The Balaban J connectivity index is 2.34. The van der Waals surface area contributed by atoms with Crippen molar-refractivity contribution < 1.29 is 8.42 Å². The molecular formula is C16H18ClNO2S. The van der Waals surface area contributed by atoms with Crippen LogP contribution in [0, 0.1) is 0 Å². The normalized spacial score (nSPS) is 11.8. The van der Waals surface area contributed by atoms with E-state index in [4.69, 9.17) is 17.3 Å². The molecule has 2 aromatic rings. The van der Waals surface area contributed by atoms with Gasteiger partial charge in [-0.3, -0.25) is 0 Å². The molecule has 0 saturated heterocycles. The fraction of sp³-hybridized carbons (Fsp3) is 0.250. The smallest absolute Gasteiger partial charge is 0.182 e. The lowest BCUT2D eigenvalue weighted by atomic mass is 10.0. The highest BCUT2D eigenvalue weighted by Crippen LogP contribution is 2.27. The van der Waals surface area contributed by atoms with E-state index in [1.165, 1.54) is 0 Å². The van der Waals surface area contributed by atoms with Crippen molar-refractivity contribution in [3.63, 3.8) is 0 Å². The van der Waals surface area contributed by atoms with Crippen molar-refractivity contribution in [2.24, 2.45) is 0 Å². The van der Waals surface area contributed by atoms with E-state index in [1.54, 1.807) is 30.3 Å². The van der Waals surface area contributed by atoms with Gasteiger partial charge >= 0.3 is 0 Å². The zero-order chi connectivity index (χ0) is 15.6. The number of rotatable bonds is 4. The monoisotopic (exact) mass is 323 g/mol. The summed E-state index contributed by atoms with van der Waals surface area (Å²) in [7, 11) is -3.47. The van der Waals surface area contributed by atoms with Gasteiger partial charge < -0.3 is 5.73 Å². The van der Waals surface area contributed by atoms with Crippen LogP contribution in [0.15, 0.2) is 47.4 Å². The molecule has 0 aliphatic heterocycles. The summed E-state index contributed by atoms with van der Waals surface area (Å²) in [6.45, 7) is 4.13. The second kappa shape index (κ2) is 6.08. The molecule has 0 heterocycles. The molecule has 0 spiro atoms. The van der Waals surface area contributed by atoms with E-state index in [1.807, 2.05) is 12.1 Å². The molecule has 21 heavy (non-hydrogen) atoms. The summed E-state index contributed by atoms with van der Waals surface area (Å²) in [6, 6.07) is 11.9. The summed E-state index contributed by atoms with van der Waals surface area (Å²) >= 11 is 6.05. The topological polar surface area (TPSA) is 60.2 Å². The SMILES string of the molecule is CC(C)c1ccc(S(=O)(=O)Cc2c(N)cccc2Cl)cc1. The van der Waals surface area contributed by atoms with E-state index in [2.05, 4.69) is 13.8 Å². The summed E-state index contributed by atoms with van der Waals surface area (Å²) in [5.74, 6) is 0.167. The molecule has 0 amide bonds. The number of nitrogens with two attached hydrogens (primary N) is 1. The Bertz CT molecular complexity index is 717. The van der Waals surface area contributed by atoms with Gasteiger partial charge in [-0.15, -0.1) is 0 Å². The van der Waals surface area contributed by atoms with Crippen LogP contribution in [-0.4, -0.2) is 8.42 Å². The first-order valence-corrected chi connectivity index (χ1v) is 8.70. The number of sulfone groups is 1. The summed E-state index contributed by atoms with van der Waals surface area (Å²) in [4.78, 5) is 0.284. The molecular weight excluding hydrogens is 306 g/mol. The number of halogens is 1. The average molecular weight is 324 g/mol. The van der Waals surface area contributed by atoms with Crippen LogP contribution in [0.4, 0.5) is 5.69 Å². The third-order valence-corrected chi connectivity index (χ3v) is 5.41. The Kier molecular flexibility index (Phi) is 4.59. The van der Waals surface area contributed by atoms with Crippen molar-refractivity contribution in [3.8, 4) is 0 Å². The van der Waals surface area contributed by atoms with E-state index in [-0.39, 0.29) is 10.6 Å². The third-order valence-electron chi connectivity index (χ3n) is 3.40. The summed E-state index contributed by atoms with van der Waals surface area (Å²) < 4.78 is 24.9. The van der Waals surface area contributed by atoms with E-state index in [0.29, 0.717) is 22.2 Å². The molecule has 0 aliphatic rings. The second-order valence-corrected chi connectivity index (χ2v) is 7.69. The Morgan fingerprint density at radius 3 is 2.24 bits per heavy atom. The minimum absolute atomic E-state index is 0.195. The van der Waals surface area contributed by atoms with E-state index >= 15 is 0 Å². The number of hydrogen-bond donors (Lipinski definition) is 1. The van der Waals surface area contributed by atoms with Crippen LogP contribution in [0.1, 0.15) is 30.9 Å².